The molecule has 0 bridgehead atoms. The van der Waals surface area contributed by atoms with Crippen molar-refractivity contribution in [1.82, 2.24) is 9.80 Å². The summed E-state index contributed by atoms with van der Waals surface area (Å²) < 4.78 is 0. The molecule has 4 heteroatoms. The molecule has 1 atom stereocenters. The Kier molecular flexibility index (Phi) is 5.98. The standard InChI is InChI=1S/C18H29N3O/c1-14(2)17(19)18(22)20(3)16-9-11-21(12-10-16)13-15-7-5-4-6-8-15/h4-8,14,16-17H,9-13,19H2,1-3H3. The van der Waals surface area contributed by atoms with Gasteiger partial charge in [-0.1, -0.05) is 44.2 Å². The molecule has 0 radical (unpaired) electrons. The van der Waals surface area contributed by atoms with Crippen molar-refractivity contribution in [3.05, 3.63) is 35.9 Å². The summed E-state index contributed by atoms with van der Waals surface area (Å²) in [4.78, 5) is 16.7. The maximum atomic E-state index is 12.3. The highest BCUT2D eigenvalue weighted by Gasteiger charge is 2.29. The fourth-order valence-corrected chi connectivity index (χ4v) is 3.01. The molecule has 2 rings (SSSR count). The van der Waals surface area contributed by atoms with Gasteiger partial charge in [-0.25, -0.2) is 0 Å². The topological polar surface area (TPSA) is 49.6 Å². The van der Waals surface area contributed by atoms with E-state index < -0.39 is 0 Å². The second-order valence-corrected chi connectivity index (χ2v) is 6.71. The number of nitrogens with two attached hydrogens (primary N) is 1. The molecule has 1 fully saturated rings. The van der Waals surface area contributed by atoms with E-state index in [-0.39, 0.29) is 17.9 Å². The highest BCUT2D eigenvalue weighted by atomic mass is 16.2. The van der Waals surface area contributed by atoms with Crippen LogP contribution in [0.15, 0.2) is 30.3 Å². The Balaban J connectivity index is 1.83. The predicted octanol–water partition coefficient (Wildman–Crippen LogP) is 2.09. The van der Waals surface area contributed by atoms with E-state index in [0.717, 1.165) is 32.5 Å². The Morgan fingerprint density at radius 1 is 1.27 bits per heavy atom. The van der Waals surface area contributed by atoms with Crippen LogP contribution in [-0.4, -0.2) is 47.9 Å². The van der Waals surface area contributed by atoms with Crippen LogP contribution < -0.4 is 5.73 Å². The third kappa shape index (κ3) is 4.31. The fourth-order valence-electron chi connectivity index (χ4n) is 3.01. The number of nitrogens with zero attached hydrogens (tertiary/aromatic N) is 2. The molecule has 22 heavy (non-hydrogen) atoms. The summed E-state index contributed by atoms with van der Waals surface area (Å²) in [7, 11) is 1.90. The molecule has 1 saturated heterocycles. The van der Waals surface area contributed by atoms with E-state index in [1.54, 1.807) is 0 Å². The first kappa shape index (κ1) is 17.0. The molecule has 1 amide bonds. The monoisotopic (exact) mass is 303 g/mol. The Morgan fingerprint density at radius 3 is 2.41 bits per heavy atom. The molecule has 1 heterocycles. The van der Waals surface area contributed by atoms with Crippen molar-refractivity contribution >= 4 is 5.91 Å². The number of likely N-dealkylation sites (N-methyl/N-ethyl adjacent to an activating group) is 1. The summed E-state index contributed by atoms with van der Waals surface area (Å²) >= 11 is 0. The van der Waals surface area contributed by atoms with Gasteiger partial charge in [0, 0.05) is 32.7 Å². The average molecular weight is 303 g/mol. The summed E-state index contributed by atoms with van der Waals surface area (Å²) in [5, 5.41) is 0. The van der Waals surface area contributed by atoms with E-state index in [2.05, 4.69) is 29.2 Å². The second kappa shape index (κ2) is 7.75. The molecule has 1 aliphatic heterocycles. The number of hydrogen-bond acceptors (Lipinski definition) is 3. The molecular weight excluding hydrogens is 274 g/mol. The number of likely N-dealkylation sites (tertiary alicyclic amines) is 1. The Morgan fingerprint density at radius 2 is 1.86 bits per heavy atom. The maximum absolute atomic E-state index is 12.3. The van der Waals surface area contributed by atoms with Crippen LogP contribution >= 0.6 is 0 Å². The van der Waals surface area contributed by atoms with Crippen LogP contribution in [-0.2, 0) is 11.3 Å². The Labute approximate surface area is 134 Å². The minimum absolute atomic E-state index is 0.0801. The van der Waals surface area contributed by atoms with E-state index >= 15 is 0 Å². The van der Waals surface area contributed by atoms with E-state index in [1.807, 2.05) is 31.9 Å². The van der Waals surface area contributed by atoms with E-state index in [9.17, 15) is 4.79 Å². The average Bonchev–Trinajstić information content (AvgIpc) is 2.54. The van der Waals surface area contributed by atoms with Crippen LogP contribution in [0.2, 0.25) is 0 Å². The summed E-state index contributed by atoms with van der Waals surface area (Å²) in [6.07, 6.45) is 2.06. The quantitative estimate of drug-likeness (QED) is 0.906. The molecule has 0 aliphatic carbocycles. The third-order valence-electron chi connectivity index (χ3n) is 4.70. The molecule has 1 aromatic carbocycles. The smallest absolute Gasteiger partial charge is 0.239 e. The lowest BCUT2D eigenvalue weighted by Gasteiger charge is -2.38. The lowest BCUT2D eigenvalue weighted by Crippen LogP contribution is -2.51. The molecular formula is C18H29N3O. The van der Waals surface area contributed by atoms with Gasteiger partial charge >= 0.3 is 0 Å². The van der Waals surface area contributed by atoms with Gasteiger partial charge in [-0.05, 0) is 24.3 Å². The Hall–Kier alpha value is -1.39. The van der Waals surface area contributed by atoms with Crippen molar-refractivity contribution < 1.29 is 4.79 Å². The van der Waals surface area contributed by atoms with Crippen molar-refractivity contribution in [2.24, 2.45) is 11.7 Å². The molecule has 0 saturated carbocycles. The third-order valence-corrected chi connectivity index (χ3v) is 4.70. The maximum Gasteiger partial charge on any atom is 0.239 e. The molecule has 0 aromatic heterocycles. The van der Waals surface area contributed by atoms with Gasteiger partial charge in [0.05, 0.1) is 6.04 Å². The molecule has 1 aliphatic rings. The number of hydrogen-bond donors (Lipinski definition) is 1. The number of rotatable bonds is 5. The highest BCUT2D eigenvalue weighted by molar-refractivity contribution is 5.82. The van der Waals surface area contributed by atoms with Gasteiger partial charge in [0.15, 0.2) is 0 Å². The van der Waals surface area contributed by atoms with Gasteiger partial charge in [-0.3, -0.25) is 9.69 Å². The Bertz CT molecular complexity index is 466. The van der Waals surface area contributed by atoms with Crippen LogP contribution in [0.5, 0.6) is 0 Å². The zero-order chi connectivity index (χ0) is 16.1. The number of carbonyl (C=O) groups excluding carboxylic acids is 1. The van der Waals surface area contributed by atoms with Crippen LogP contribution in [0.1, 0.15) is 32.3 Å². The minimum atomic E-state index is -0.382. The molecule has 1 aromatic rings. The second-order valence-electron chi connectivity index (χ2n) is 6.71. The molecule has 1 unspecified atom stereocenters. The summed E-state index contributed by atoms with van der Waals surface area (Å²) in [5.41, 5.74) is 7.35. The fraction of sp³-hybridized carbons (Fsp3) is 0.611. The number of carbonyl (C=O) groups is 1. The SMILES string of the molecule is CC(C)C(N)C(=O)N(C)C1CCN(Cc2ccccc2)CC1. The van der Waals surface area contributed by atoms with Gasteiger partial charge in [-0.15, -0.1) is 0 Å². The zero-order valence-electron chi connectivity index (χ0n) is 14.0. The first-order chi connectivity index (χ1) is 10.5. The van der Waals surface area contributed by atoms with Gasteiger partial charge in [0.25, 0.3) is 0 Å². The molecule has 122 valence electrons. The number of amides is 1. The van der Waals surface area contributed by atoms with Crippen molar-refractivity contribution in [3.63, 3.8) is 0 Å². The largest absolute Gasteiger partial charge is 0.341 e. The van der Waals surface area contributed by atoms with Crippen molar-refractivity contribution in [3.8, 4) is 0 Å². The van der Waals surface area contributed by atoms with Gasteiger partial charge < -0.3 is 10.6 Å². The van der Waals surface area contributed by atoms with Crippen LogP contribution in [0.4, 0.5) is 0 Å². The van der Waals surface area contributed by atoms with E-state index in [4.69, 9.17) is 5.73 Å². The molecule has 0 spiro atoms. The van der Waals surface area contributed by atoms with E-state index in [0.29, 0.717) is 6.04 Å². The van der Waals surface area contributed by atoms with Crippen LogP contribution in [0, 0.1) is 5.92 Å². The normalized spacial score (nSPS) is 18.4. The van der Waals surface area contributed by atoms with Crippen LogP contribution in [0.25, 0.3) is 0 Å². The summed E-state index contributed by atoms with van der Waals surface area (Å²) in [6.45, 7) is 7.07. The van der Waals surface area contributed by atoms with Crippen molar-refractivity contribution in [1.29, 1.82) is 0 Å². The lowest BCUT2D eigenvalue weighted by molar-refractivity contribution is -0.135. The minimum Gasteiger partial charge on any atom is -0.341 e. The van der Waals surface area contributed by atoms with E-state index in [1.165, 1.54) is 5.56 Å². The lowest BCUT2D eigenvalue weighted by atomic mass is 9.99. The van der Waals surface area contributed by atoms with Gasteiger partial charge in [0.1, 0.15) is 0 Å². The van der Waals surface area contributed by atoms with Crippen molar-refractivity contribution in [2.75, 3.05) is 20.1 Å². The number of piperidine rings is 1. The predicted molar refractivity (Wildman–Crippen MR) is 90.3 cm³/mol. The first-order valence-corrected chi connectivity index (χ1v) is 8.27. The molecule has 2 N–H and O–H groups in total. The van der Waals surface area contributed by atoms with Crippen molar-refractivity contribution in [2.45, 2.75) is 45.3 Å². The van der Waals surface area contributed by atoms with Gasteiger partial charge in [-0.2, -0.15) is 0 Å². The summed E-state index contributed by atoms with van der Waals surface area (Å²) in [5.74, 6) is 0.268. The summed E-state index contributed by atoms with van der Waals surface area (Å²) in [6, 6.07) is 10.5. The zero-order valence-corrected chi connectivity index (χ0v) is 14.0. The van der Waals surface area contributed by atoms with Crippen LogP contribution in [0.3, 0.4) is 0 Å². The molecule has 4 nitrogen and oxygen atoms in total. The number of benzene rings is 1. The van der Waals surface area contributed by atoms with Gasteiger partial charge in [0.2, 0.25) is 5.91 Å². The first-order valence-electron chi connectivity index (χ1n) is 8.27. The highest BCUT2D eigenvalue weighted by Crippen LogP contribution is 2.18.